The summed E-state index contributed by atoms with van der Waals surface area (Å²) in [5.41, 5.74) is 0. The molecule has 88 valence electrons. The van der Waals surface area contributed by atoms with Crippen molar-refractivity contribution < 1.29 is 19.4 Å². The molecule has 2 bridgehead atoms. The van der Waals surface area contributed by atoms with E-state index in [2.05, 4.69) is 0 Å². The number of hydrogen-bond acceptors (Lipinski definition) is 4. The Hall–Kier alpha value is -0.940. The molecule has 1 N–H and O–H groups in total. The molecule has 3 rings (SSSR count). The number of rotatable bonds is 2. The first-order chi connectivity index (χ1) is 7.65. The van der Waals surface area contributed by atoms with Gasteiger partial charge in [-0.3, -0.25) is 14.5 Å². The number of carbonyl (C=O) groups is 2. The van der Waals surface area contributed by atoms with E-state index in [4.69, 9.17) is 4.74 Å². The second-order valence-electron chi connectivity index (χ2n) is 4.97. The van der Waals surface area contributed by atoms with Crippen LogP contribution in [0.1, 0.15) is 25.7 Å². The van der Waals surface area contributed by atoms with Crippen molar-refractivity contribution in [2.24, 2.45) is 5.92 Å². The summed E-state index contributed by atoms with van der Waals surface area (Å²) in [5, 5.41) is 9.18. The normalized spacial score (nSPS) is 42.4. The number of fused-ring (bicyclic) bond motifs is 2. The predicted molar refractivity (Wildman–Crippen MR) is 53.3 cm³/mol. The van der Waals surface area contributed by atoms with E-state index in [9.17, 15) is 14.7 Å². The topological polar surface area (TPSA) is 66.8 Å². The van der Waals surface area contributed by atoms with E-state index >= 15 is 0 Å². The zero-order chi connectivity index (χ0) is 11.3. The van der Waals surface area contributed by atoms with Crippen LogP contribution in [0.4, 0.5) is 0 Å². The highest BCUT2D eigenvalue weighted by Gasteiger charge is 2.47. The van der Waals surface area contributed by atoms with Crippen molar-refractivity contribution in [1.29, 1.82) is 0 Å². The monoisotopic (exact) mass is 225 g/mol. The van der Waals surface area contributed by atoms with Gasteiger partial charge in [0.25, 0.3) is 11.8 Å². The highest BCUT2D eigenvalue weighted by atomic mass is 16.5. The summed E-state index contributed by atoms with van der Waals surface area (Å²) in [6.45, 7) is 0.463. The minimum absolute atomic E-state index is 0.180. The van der Waals surface area contributed by atoms with Crippen molar-refractivity contribution in [3.05, 3.63) is 0 Å². The molecular weight excluding hydrogens is 210 g/mol. The number of imide groups is 1. The molecule has 5 heteroatoms. The van der Waals surface area contributed by atoms with Crippen LogP contribution in [0.5, 0.6) is 0 Å². The SMILES string of the molecule is O=C1C2CCC(O2)C(=O)N1CC1CC(O)C1. The van der Waals surface area contributed by atoms with E-state index in [1.54, 1.807) is 0 Å². The lowest BCUT2D eigenvalue weighted by Gasteiger charge is -2.37. The second-order valence-corrected chi connectivity index (χ2v) is 4.97. The van der Waals surface area contributed by atoms with Gasteiger partial charge in [-0.05, 0) is 31.6 Å². The van der Waals surface area contributed by atoms with Gasteiger partial charge in [-0.2, -0.15) is 0 Å². The van der Waals surface area contributed by atoms with E-state index in [-0.39, 0.29) is 23.8 Å². The van der Waals surface area contributed by atoms with Crippen molar-refractivity contribution in [2.75, 3.05) is 6.54 Å². The van der Waals surface area contributed by atoms with Gasteiger partial charge in [0.2, 0.25) is 0 Å². The Bertz CT molecular complexity index is 315. The highest BCUT2D eigenvalue weighted by molar-refractivity contribution is 6.02. The molecule has 0 aromatic heterocycles. The molecule has 0 aromatic carbocycles. The first-order valence-electron chi connectivity index (χ1n) is 5.84. The first-order valence-corrected chi connectivity index (χ1v) is 5.84. The first kappa shape index (κ1) is 10.2. The van der Waals surface area contributed by atoms with Gasteiger partial charge in [-0.1, -0.05) is 0 Å². The fraction of sp³-hybridized carbons (Fsp3) is 0.818. The molecule has 2 atom stereocenters. The minimum Gasteiger partial charge on any atom is -0.393 e. The third-order valence-electron chi connectivity index (χ3n) is 3.75. The van der Waals surface area contributed by atoms with E-state index in [0.29, 0.717) is 32.2 Å². The Labute approximate surface area is 93.4 Å². The number of aliphatic hydroxyl groups is 1. The standard InChI is InChI=1S/C11H15NO4/c13-7-3-6(4-7)5-12-10(14)8-1-2-9(16-8)11(12)15/h6-9,13H,1-5H2. The van der Waals surface area contributed by atoms with Crippen molar-refractivity contribution in [3.8, 4) is 0 Å². The molecular formula is C11H15NO4. The lowest BCUT2D eigenvalue weighted by Crippen LogP contribution is -2.54. The van der Waals surface area contributed by atoms with Gasteiger partial charge < -0.3 is 9.84 Å². The molecule has 0 radical (unpaired) electrons. The van der Waals surface area contributed by atoms with Crippen LogP contribution in [0.2, 0.25) is 0 Å². The fourth-order valence-corrected chi connectivity index (χ4v) is 2.74. The number of morpholine rings is 1. The Kier molecular flexibility index (Phi) is 2.26. The second kappa shape index (κ2) is 3.53. The van der Waals surface area contributed by atoms with Crippen LogP contribution in [0.15, 0.2) is 0 Å². The zero-order valence-corrected chi connectivity index (χ0v) is 8.96. The summed E-state index contributed by atoms with van der Waals surface area (Å²) in [5.74, 6) is -0.0827. The minimum atomic E-state index is -0.396. The molecule has 3 aliphatic rings. The summed E-state index contributed by atoms with van der Waals surface area (Å²) in [6, 6.07) is 0. The van der Waals surface area contributed by atoms with E-state index in [1.807, 2.05) is 0 Å². The van der Waals surface area contributed by atoms with Crippen molar-refractivity contribution in [1.82, 2.24) is 4.90 Å². The number of hydrogen-bond donors (Lipinski definition) is 1. The quantitative estimate of drug-likeness (QED) is 0.654. The van der Waals surface area contributed by atoms with Crippen LogP contribution in [-0.4, -0.2) is 46.7 Å². The fourth-order valence-electron chi connectivity index (χ4n) is 2.74. The van der Waals surface area contributed by atoms with Crippen molar-refractivity contribution >= 4 is 11.8 Å². The van der Waals surface area contributed by atoms with Crippen LogP contribution in [-0.2, 0) is 14.3 Å². The maximum atomic E-state index is 11.9. The lowest BCUT2D eigenvalue weighted by atomic mass is 9.82. The number of amides is 2. The molecule has 5 nitrogen and oxygen atoms in total. The van der Waals surface area contributed by atoms with Crippen molar-refractivity contribution in [3.63, 3.8) is 0 Å². The molecule has 0 aromatic rings. The Morgan fingerprint density at radius 2 is 1.75 bits per heavy atom. The molecule has 1 saturated carbocycles. The molecule has 1 aliphatic carbocycles. The van der Waals surface area contributed by atoms with E-state index in [1.165, 1.54) is 4.90 Å². The lowest BCUT2D eigenvalue weighted by molar-refractivity contribution is -0.170. The summed E-state index contributed by atoms with van der Waals surface area (Å²) in [7, 11) is 0. The Balaban J connectivity index is 1.69. The van der Waals surface area contributed by atoms with E-state index in [0.717, 1.165) is 0 Å². The average molecular weight is 225 g/mol. The van der Waals surface area contributed by atoms with Crippen LogP contribution in [0, 0.1) is 5.92 Å². The zero-order valence-electron chi connectivity index (χ0n) is 8.96. The van der Waals surface area contributed by atoms with Gasteiger partial charge in [0, 0.05) is 6.54 Å². The van der Waals surface area contributed by atoms with Crippen LogP contribution in [0.25, 0.3) is 0 Å². The molecule has 16 heavy (non-hydrogen) atoms. The predicted octanol–water partition coefficient (Wildman–Crippen LogP) is -0.326. The molecule has 2 unspecified atom stereocenters. The van der Waals surface area contributed by atoms with Gasteiger partial charge >= 0.3 is 0 Å². The van der Waals surface area contributed by atoms with Gasteiger partial charge in [0.05, 0.1) is 6.10 Å². The highest BCUT2D eigenvalue weighted by Crippen LogP contribution is 2.32. The summed E-state index contributed by atoms with van der Waals surface area (Å²) < 4.78 is 5.32. The summed E-state index contributed by atoms with van der Waals surface area (Å²) >= 11 is 0. The number of carbonyl (C=O) groups excluding carboxylic acids is 2. The Morgan fingerprint density at radius 1 is 1.19 bits per heavy atom. The third kappa shape index (κ3) is 1.46. The van der Waals surface area contributed by atoms with Gasteiger partial charge in [-0.15, -0.1) is 0 Å². The summed E-state index contributed by atoms with van der Waals surface area (Å²) in [4.78, 5) is 25.1. The number of aliphatic hydroxyl groups excluding tert-OH is 1. The molecule has 0 spiro atoms. The number of nitrogens with zero attached hydrogens (tertiary/aromatic N) is 1. The van der Waals surface area contributed by atoms with Crippen molar-refractivity contribution in [2.45, 2.75) is 44.0 Å². The largest absolute Gasteiger partial charge is 0.393 e. The molecule has 2 heterocycles. The number of likely N-dealkylation sites (tertiary alicyclic amines) is 1. The molecule has 3 fully saturated rings. The van der Waals surface area contributed by atoms with Gasteiger partial charge in [-0.25, -0.2) is 0 Å². The maximum absolute atomic E-state index is 11.9. The third-order valence-corrected chi connectivity index (χ3v) is 3.75. The number of ether oxygens (including phenoxy) is 1. The average Bonchev–Trinajstić information content (AvgIpc) is 2.65. The van der Waals surface area contributed by atoms with E-state index < -0.39 is 12.2 Å². The van der Waals surface area contributed by atoms with Gasteiger partial charge in [0.15, 0.2) is 0 Å². The maximum Gasteiger partial charge on any atom is 0.258 e. The molecule has 2 aliphatic heterocycles. The van der Waals surface area contributed by atoms with Crippen LogP contribution in [0.3, 0.4) is 0 Å². The van der Waals surface area contributed by atoms with Gasteiger partial charge in [0.1, 0.15) is 12.2 Å². The summed E-state index contributed by atoms with van der Waals surface area (Å²) in [6.07, 6.45) is 1.70. The smallest absolute Gasteiger partial charge is 0.258 e. The Morgan fingerprint density at radius 3 is 2.25 bits per heavy atom. The van der Waals surface area contributed by atoms with Crippen LogP contribution < -0.4 is 0 Å². The van der Waals surface area contributed by atoms with Crippen LogP contribution >= 0.6 is 0 Å². The molecule has 2 amide bonds. The molecule has 2 saturated heterocycles.